The van der Waals surface area contributed by atoms with E-state index in [4.69, 9.17) is 5.73 Å². The number of hydrogen-bond donors (Lipinski definition) is 2. The SMILES string of the molecule is CC(C)n1cc(N)cc1C(=O)NCc1cncs1. The van der Waals surface area contributed by atoms with Crippen molar-refractivity contribution in [3.05, 3.63) is 34.5 Å². The van der Waals surface area contributed by atoms with Gasteiger partial charge in [-0.15, -0.1) is 11.3 Å². The zero-order valence-corrected chi connectivity index (χ0v) is 11.2. The molecule has 0 fully saturated rings. The number of thiazole rings is 1. The van der Waals surface area contributed by atoms with Crippen LogP contribution in [0, 0.1) is 0 Å². The Labute approximate surface area is 110 Å². The highest BCUT2D eigenvalue weighted by molar-refractivity contribution is 7.09. The maximum absolute atomic E-state index is 12.1. The highest BCUT2D eigenvalue weighted by atomic mass is 32.1. The standard InChI is InChI=1S/C12H16N4OS/c1-8(2)16-6-9(13)3-11(16)12(17)15-5-10-4-14-7-18-10/h3-4,6-8H,5,13H2,1-2H3,(H,15,17). The minimum atomic E-state index is -0.117. The van der Waals surface area contributed by atoms with Crippen molar-refractivity contribution in [2.75, 3.05) is 5.73 Å². The third kappa shape index (κ3) is 2.70. The quantitative estimate of drug-likeness (QED) is 0.887. The molecule has 5 nitrogen and oxygen atoms in total. The number of nitrogens with one attached hydrogen (secondary N) is 1. The first-order valence-electron chi connectivity index (χ1n) is 5.71. The summed E-state index contributed by atoms with van der Waals surface area (Å²) in [6.45, 7) is 4.52. The highest BCUT2D eigenvalue weighted by Gasteiger charge is 2.14. The van der Waals surface area contributed by atoms with Gasteiger partial charge in [0.05, 0.1) is 17.7 Å². The second-order valence-electron chi connectivity index (χ2n) is 4.31. The second kappa shape index (κ2) is 5.22. The summed E-state index contributed by atoms with van der Waals surface area (Å²) >= 11 is 1.52. The fraction of sp³-hybridized carbons (Fsp3) is 0.333. The molecule has 96 valence electrons. The van der Waals surface area contributed by atoms with Gasteiger partial charge in [0, 0.05) is 23.3 Å². The van der Waals surface area contributed by atoms with Gasteiger partial charge in [0.2, 0.25) is 0 Å². The van der Waals surface area contributed by atoms with Crippen molar-refractivity contribution in [2.45, 2.75) is 26.4 Å². The van der Waals surface area contributed by atoms with Crippen LogP contribution in [0.4, 0.5) is 5.69 Å². The van der Waals surface area contributed by atoms with Gasteiger partial charge in [-0.05, 0) is 19.9 Å². The smallest absolute Gasteiger partial charge is 0.268 e. The van der Waals surface area contributed by atoms with Crippen LogP contribution in [0.15, 0.2) is 24.0 Å². The van der Waals surface area contributed by atoms with E-state index >= 15 is 0 Å². The summed E-state index contributed by atoms with van der Waals surface area (Å²) in [7, 11) is 0. The fourth-order valence-corrected chi connectivity index (χ4v) is 2.23. The summed E-state index contributed by atoms with van der Waals surface area (Å²) in [5.74, 6) is -0.117. The van der Waals surface area contributed by atoms with Crippen molar-refractivity contribution in [1.82, 2.24) is 14.9 Å². The molecule has 0 saturated carbocycles. The van der Waals surface area contributed by atoms with E-state index in [2.05, 4.69) is 10.3 Å². The third-order valence-corrected chi connectivity index (χ3v) is 3.34. The first-order chi connectivity index (χ1) is 8.58. The molecule has 0 unspecified atom stereocenters. The van der Waals surface area contributed by atoms with E-state index in [0.717, 1.165) is 4.88 Å². The van der Waals surface area contributed by atoms with Crippen LogP contribution < -0.4 is 11.1 Å². The zero-order chi connectivity index (χ0) is 13.1. The monoisotopic (exact) mass is 264 g/mol. The number of amides is 1. The molecule has 2 rings (SSSR count). The van der Waals surface area contributed by atoms with Gasteiger partial charge >= 0.3 is 0 Å². The van der Waals surface area contributed by atoms with E-state index in [1.807, 2.05) is 18.4 Å². The van der Waals surface area contributed by atoms with Gasteiger partial charge in [-0.1, -0.05) is 0 Å². The lowest BCUT2D eigenvalue weighted by Crippen LogP contribution is -2.25. The predicted octanol–water partition coefficient (Wildman–Crippen LogP) is 2.04. The number of anilines is 1. The number of carbonyl (C=O) groups is 1. The van der Waals surface area contributed by atoms with Crippen molar-refractivity contribution in [1.29, 1.82) is 0 Å². The van der Waals surface area contributed by atoms with Gasteiger partial charge in [-0.25, -0.2) is 0 Å². The molecule has 0 atom stereocenters. The fourth-order valence-electron chi connectivity index (χ4n) is 1.70. The molecule has 3 N–H and O–H groups in total. The molecule has 2 heterocycles. The summed E-state index contributed by atoms with van der Waals surface area (Å²) in [5, 5.41) is 2.87. The molecule has 0 aliphatic rings. The van der Waals surface area contributed by atoms with Gasteiger partial charge in [0.1, 0.15) is 5.69 Å². The topological polar surface area (TPSA) is 72.9 Å². The Morgan fingerprint density at radius 2 is 2.39 bits per heavy atom. The number of hydrogen-bond acceptors (Lipinski definition) is 4. The minimum Gasteiger partial charge on any atom is -0.397 e. The number of nitrogens with two attached hydrogens (primary N) is 1. The van der Waals surface area contributed by atoms with Gasteiger partial charge < -0.3 is 15.6 Å². The van der Waals surface area contributed by atoms with Gasteiger partial charge in [-0.3, -0.25) is 9.78 Å². The highest BCUT2D eigenvalue weighted by Crippen LogP contribution is 2.16. The van der Waals surface area contributed by atoms with Crippen LogP contribution in [0.5, 0.6) is 0 Å². The molecular formula is C12H16N4OS. The van der Waals surface area contributed by atoms with Crippen molar-refractivity contribution in [3.8, 4) is 0 Å². The van der Waals surface area contributed by atoms with Crippen molar-refractivity contribution >= 4 is 22.9 Å². The average molecular weight is 264 g/mol. The molecule has 1 amide bonds. The van der Waals surface area contributed by atoms with Crippen LogP contribution in [0.3, 0.4) is 0 Å². The molecule has 0 aromatic carbocycles. The first kappa shape index (κ1) is 12.6. The molecular weight excluding hydrogens is 248 g/mol. The van der Waals surface area contributed by atoms with Crippen LogP contribution in [-0.4, -0.2) is 15.5 Å². The Morgan fingerprint density at radius 3 is 3.00 bits per heavy atom. The Bertz CT molecular complexity index is 530. The molecule has 0 spiro atoms. The number of rotatable bonds is 4. The molecule has 0 saturated heterocycles. The van der Waals surface area contributed by atoms with Gasteiger partial charge in [0.15, 0.2) is 0 Å². The third-order valence-electron chi connectivity index (χ3n) is 2.57. The molecule has 2 aromatic heterocycles. The van der Waals surface area contributed by atoms with E-state index in [9.17, 15) is 4.79 Å². The lowest BCUT2D eigenvalue weighted by molar-refractivity contribution is 0.0940. The minimum absolute atomic E-state index is 0.117. The summed E-state index contributed by atoms with van der Waals surface area (Å²) in [4.78, 5) is 17.1. The van der Waals surface area contributed by atoms with Crippen LogP contribution >= 0.6 is 11.3 Å². The summed E-state index contributed by atoms with van der Waals surface area (Å²) in [6, 6.07) is 1.90. The molecule has 0 bridgehead atoms. The molecule has 0 aliphatic heterocycles. The van der Waals surface area contributed by atoms with E-state index in [1.165, 1.54) is 11.3 Å². The van der Waals surface area contributed by atoms with Crippen LogP contribution in [0.2, 0.25) is 0 Å². The number of nitrogens with zero attached hydrogens (tertiary/aromatic N) is 2. The average Bonchev–Trinajstić information content (AvgIpc) is 2.94. The summed E-state index contributed by atoms with van der Waals surface area (Å²) < 4.78 is 1.87. The molecule has 18 heavy (non-hydrogen) atoms. The van der Waals surface area contributed by atoms with Crippen molar-refractivity contribution in [3.63, 3.8) is 0 Å². The molecule has 0 aliphatic carbocycles. The molecule has 0 radical (unpaired) electrons. The van der Waals surface area contributed by atoms with Crippen molar-refractivity contribution < 1.29 is 4.79 Å². The molecule has 6 heteroatoms. The van der Waals surface area contributed by atoms with Crippen LogP contribution in [0.1, 0.15) is 35.3 Å². The number of carbonyl (C=O) groups excluding carboxylic acids is 1. The summed E-state index contributed by atoms with van der Waals surface area (Å²) in [6.07, 6.45) is 3.53. The predicted molar refractivity (Wildman–Crippen MR) is 72.5 cm³/mol. The second-order valence-corrected chi connectivity index (χ2v) is 5.28. The largest absolute Gasteiger partial charge is 0.397 e. The maximum Gasteiger partial charge on any atom is 0.268 e. The Hall–Kier alpha value is -1.82. The van der Waals surface area contributed by atoms with Crippen molar-refractivity contribution in [2.24, 2.45) is 0 Å². The Kier molecular flexibility index (Phi) is 3.66. The van der Waals surface area contributed by atoms with Gasteiger partial charge in [0.25, 0.3) is 5.91 Å². The van der Waals surface area contributed by atoms with E-state index < -0.39 is 0 Å². The normalized spacial score (nSPS) is 10.8. The Balaban J connectivity index is 2.09. The molecule has 2 aromatic rings. The van der Waals surface area contributed by atoms with Crippen LogP contribution in [0.25, 0.3) is 0 Å². The lowest BCUT2D eigenvalue weighted by Gasteiger charge is -2.12. The van der Waals surface area contributed by atoms with E-state index in [1.54, 1.807) is 24.0 Å². The zero-order valence-electron chi connectivity index (χ0n) is 10.4. The Morgan fingerprint density at radius 1 is 1.61 bits per heavy atom. The number of nitrogen functional groups attached to an aromatic ring is 1. The van der Waals surface area contributed by atoms with Gasteiger partial charge in [-0.2, -0.15) is 0 Å². The number of aromatic nitrogens is 2. The summed E-state index contributed by atoms with van der Waals surface area (Å²) in [5.41, 5.74) is 8.68. The maximum atomic E-state index is 12.1. The van der Waals surface area contributed by atoms with Crippen LogP contribution in [-0.2, 0) is 6.54 Å². The van der Waals surface area contributed by atoms with E-state index in [-0.39, 0.29) is 11.9 Å². The lowest BCUT2D eigenvalue weighted by atomic mass is 10.3. The first-order valence-corrected chi connectivity index (χ1v) is 6.59. The van der Waals surface area contributed by atoms with E-state index in [0.29, 0.717) is 17.9 Å².